The van der Waals surface area contributed by atoms with Crippen LogP contribution in [0.1, 0.15) is 29.1 Å². The van der Waals surface area contributed by atoms with E-state index in [-0.39, 0.29) is 23.3 Å². The first-order chi connectivity index (χ1) is 18.9. The van der Waals surface area contributed by atoms with Crippen LogP contribution in [0.25, 0.3) is 11.3 Å². The number of aromatic nitrogens is 1. The van der Waals surface area contributed by atoms with Crippen LogP contribution < -0.4 is 15.0 Å². The summed E-state index contributed by atoms with van der Waals surface area (Å²) in [6.45, 7) is 5.36. The first-order valence-electron chi connectivity index (χ1n) is 11.9. The maximum Gasteiger partial charge on any atom is 0.338 e. The number of para-hydroxylation sites is 1. The summed E-state index contributed by atoms with van der Waals surface area (Å²) < 4.78 is 33.2. The van der Waals surface area contributed by atoms with Crippen molar-refractivity contribution in [2.45, 2.75) is 20.8 Å². The smallest absolute Gasteiger partial charge is 0.338 e. The molecular weight excluding hydrogens is 601 g/mol. The van der Waals surface area contributed by atoms with Crippen LogP contribution in [0.15, 0.2) is 66.7 Å². The summed E-state index contributed by atoms with van der Waals surface area (Å²) >= 11 is -3.60. The van der Waals surface area contributed by atoms with Gasteiger partial charge in [0.05, 0.1) is 17.9 Å². The number of hydrogen-bond acceptors (Lipinski definition) is 9. The van der Waals surface area contributed by atoms with Gasteiger partial charge in [0.2, 0.25) is 0 Å². The van der Waals surface area contributed by atoms with E-state index in [1.54, 1.807) is 37.3 Å². The maximum atomic E-state index is 11.8. The van der Waals surface area contributed by atoms with E-state index in [1.165, 1.54) is 24.3 Å². The Bertz CT molecular complexity index is 1570. The Morgan fingerprint density at radius 3 is 2.33 bits per heavy atom. The number of ether oxygens (including phenoxy) is 1. The van der Waals surface area contributed by atoms with Crippen molar-refractivity contribution in [2.24, 2.45) is 0 Å². The Labute approximate surface area is 237 Å². The molecule has 6 N–H and O–H groups in total. The molecule has 0 saturated heterocycles. The number of nitrogens with zero attached hydrogens (tertiary/aromatic N) is 1. The van der Waals surface area contributed by atoms with Gasteiger partial charge in [-0.05, 0) is 44.2 Å². The number of esters is 1. The number of carbonyl (C=O) groups is 2. The van der Waals surface area contributed by atoms with Gasteiger partial charge in [0.15, 0.2) is 5.13 Å². The zero-order valence-corrected chi connectivity index (χ0v) is 24.5. The van der Waals surface area contributed by atoms with Crippen LogP contribution >= 0.6 is 11.3 Å². The number of carbonyl (C=O) groups excluding carboxylic acids is 2. The van der Waals surface area contributed by atoms with E-state index < -0.39 is 24.3 Å². The molecule has 0 aliphatic carbocycles. The molecule has 0 spiro atoms. The summed E-state index contributed by atoms with van der Waals surface area (Å²) in [5, 5.41) is 25.6. The van der Waals surface area contributed by atoms with Crippen LogP contribution in [0.2, 0.25) is 0 Å². The van der Waals surface area contributed by atoms with Crippen LogP contribution in [0.4, 0.5) is 16.5 Å². The maximum absolute atomic E-state index is 11.8. The average molecular weight is 630 g/mol. The Hall–Kier alpha value is -4.09. The molecule has 0 bridgehead atoms. The van der Waals surface area contributed by atoms with Crippen LogP contribution in [0.5, 0.6) is 11.5 Å². The van der Waals surface area contributed by atoms with E-state index in [2.05, 4.69) is 15.6 Å². The molecule has 40 heavy (non-hydrogen) atoms. The molecule has 0 aliphatic heterocycles. The Morgan fingerprint density at radius 2 is 1.70 bits per heavy atom. The van der Waals surface area contributed by atoms with Crippen LogP contribution in [0, 0.1) is 6.92 Å². The summed E-state index contributed by atoms with van der Waals surface area (Å²) in [5.74, 6) is -0.999. The summed E-state index contributed by atoms with van der Waals surface area (Å²) in [6, 6.07) is 17.7. The minimum Gasteiger partial charge on any atom is -0.507 e. The zero-order valence-electron chi connectivity index (χ0n) is 21.8. The molecule has 13 heteroatoms. The monoisotopic (exact) mass is 629 g/mol. The van der Waals surface area contributed by atoms with Gasteiger partial charge in [0, 0.05) is 16.1 Å². The van der Waals surface area contributed by atoms with Gasteiger partial charge in [-0.3, -0.25) is 0 Å². The first kappa shape index (κ1) is 30.4. The molecule has 4 rings (SSSR count). The van der Waals surface area contributed by atoms with E-state index in [0.29, 0.717) is 22.9 Å². The number of hydrogen-bond donors (Lipinski definition) is 6. The normalized spacial score (nSPS) is 10.7. The van der Waals surface area contributed by atoms with Gasteiger partial charge < -0.3 is 15.2 Å². The van der Waals surface area contributed by atoms with Gasteiger partial charge in [0.1, 0.15) is 5.75 Å². The molecule has 4 aromatic rings. The van der Waals surface area contributed by atoms with Crippen molar-refractivity contribution in [1.29, 1.82) is 0 Å². The fraction of sp³-hybridized carbons (Fsp3) is 0.148. The van der Waals surface area contributed by atoms with Crippen molar-refractivity contribution < 1.29 is 36.5 Å². The molecule has 3 aromatic carbocycles. The fourth-order valence-corrected chi connectivity index (χ4v) is 5.66. The van der Waals surface area contributed by atoms with Crippen LogP contribution in [0.3, 0.4) is 0 Å². The molecular formula is C27H28AsN3O8S. The molecule has 0 fully saturated rings. The number of anilines is 3. The molecule has 210 valence electrons. The minimum atomic E-state index is -5.09. The Kier molecular flexibility index (Phi) is 10.1. The summed E-state index contributed by atoms with van der Waals surface area (Å²) in [4.78, 5) is 28.1. The molecule has 0 saturated carbocycles. The number of nitrogens with one attached hydrogen (secondary N) is 2. The van der Waals surface area contributed by atoms with Crippen molar-refractivity contribution in [3.8, 4) is 22.8 Å². The van der Waals surface area contributed by atoms with Crippen molar-refractivity contribution in [2.75, 3.05) is 17.2 Å². The number of aryl methyl sites for hydroxylation is 1. The molecule has 0 unspecified atom stereocenters. The van der Waals surface area contributed by atoms with E-state index in [1.807, 2.05) is 25.1 Å². The third kappa shape index (κ3) is 8.20. The second kappa shape index (κ2) is 13.3. The number of benzene rings is 3. The fourth-order valence-electron chi connectivity index (χ4n) is 3.49. The van der Waals surface area contributed by atoms with Gasteiger partial charge in [-0.1, -0.05) is 18.2 Å². The molecule has 1 aromatic heterocycles. The third-order valence-electron chi connectivity index (χ3n) is 5.19. The minimum absolute atomic E-state index is 0.201. The van der Waals surface area contributed by atoms with Gasteiger partial charge in [-0.15, -0.1) is 11.3 Å². The van der Waals surface area contributed by atoms with Gasteiger partial charge in [-0.25, -0.2) is 9.78 Å². The number of aromatic hydroxyl groups is 2. The molecule has 1 amide bonds. The van der Waals surface area contributed by atoms with Crippen molar-refractivity contribution in [3.05, 3.63) is 77.2 Å². The van der Waals surface area contributed by atoms with Crippen molar-refractivity contribution >= 4 is 58.2 Å². The van der Waals surface area contributed by atoms with Crippen LogP contribution in [-0.4, -0.2) is 56.0 Å². The number of phenolic OH excluding ortho intramolecular Hbond substituents is 2. The summed E-state index contributed by atoms with van der Waals surface area (Å²) in [6.07, 6.45) is 0. The number of rotatable bonds is 7. The SMILES string of the molecule is CC(=O)Nc1ccc([As](=O)(O)O)c(O)c1.CCOC(=O)c1cccc(Nc2nc(-c3ccccc3O)c(C)s2)c1. The zero-order chi connectivity index (χ0) is 29.4. The molecule has 0 aliphatic rings. The largest absolute Gasteiger partial charge is 0.507 e. The summed E-state index contributed by atoms with van der Waals surface area (Å²) in [5.41, 5.74) is 2.97. The van der Waals surface area contributed by atoms with E-state index in [0.717, 1.165) is 28.4 Å². The number of amides is 1. The van der Waals surface area contributed by atoms with Crippen molar-refractivity contribution in [3.63, 3.8) is 0 Å². The second-order valence-electron chi connectivity index (χ2n) is 8.30. The predicted octanol–water partition coefficient (Wildman–Crippen LogP) is 3.66. The standard InChI is InChI=1S/C19H18N2O3S.C8H10AsNO5/c1-3-24-18(23)13-7-6-8-14(11-13)20-19-21-17(12(2)25-19)15-9-4-5-10-16(15)22;1-5(11)10-6-2-3-7(8(12)4-6)9(13,14)15/h4-11,22H,3H2,1-2H3,(H,20,21);2-4,12H,1H3,(H,10,11)(H2,13,14,15). The molecule has 1 heterocycles. The van der Waals surface area contributed by atoms with Gasteiger partial charge >= 0.3 is 94.1 Å². The Morgan fingerprint density at radius 1 is 0.975 bits per heavy atom. The first-order valence-corrected chi connectivity index (χ1v) is 16.1. The topological polar surface area (TPSA) is 178 Å². The molecule has 11 nitrogen and oxygen atoms in total. The van der Waals surface area contributed by atoms with Crippen molar-refractivity contribution in [1.82, 2.24) is 4.98 Å². The number of phenols is 2. The van der Waals surface area contributed by atoms with Gasteiger partial charge in [-0.2, -0.15) is 0 Å². The summed E-state index contributed by atoms with van der Waals surface area (Å²) in [7, 11) is 0. The third-order valence-corrected chi connectivity index (χ3v) is 8.19. The quantitative estimate of drug-likeness (QED) is 0.131. The molecule has 0 radical (unpaired) electrons. The molecule has 0 atom stereocenters. The van der Waals surface area contributed by atoms with Crippen LogP contribution in [-0.2, 0) is 13.3 Å². The average Bonchev–Trinajstić information content (AvgIpc) is 3.23. The predicted molar refractivity (Wildman–Crippen MR) is 153 cm³/mol. The van der Waals surface area contributed by atoms with E-state index in [9.17, 15) is 23.5 Å². The number of thiazole rings is 1. The Balaban J connectivity index is 0.000000252. The van der Waals surface area contributed by atoms with E-state index in [4.69, 9.17) is 12.9 Å². The van der Waals surface area contributed by atoms with E-state index >= 15 is 0 Å². The second-order valence-corrected chi connectivity index (χ2v) is 12.8. The van der Waals surface area contributed by atoms with Gasteiger partial charge in [0.25, 0.3) is 0 Å².